The Morgan fingerprint density at radius 1 is 1.54 bits per heavy atom. The third-order valence-electron chi connectivity index (χ3n) is 1.69. The van der Waals surface area contributed by atoms with Crippen LogP contribution in [0.5, 0.6) is 5.75 Å². The number of allylic oxidation sites excluding steroid dienone is 1. The Hall–Kier alpha value is -1.77. The van der Waals surface area contributed by atoms with Gasteiger partial charge in [-0.15, -0.1) is 6.58 Å². The molecule has 0 saturated heterocycles. The van der Waals surface area contributed by atoms with Crippen LogP contribution in [0.25, 0.3) is 0 Å². The molecule has 0 saturated carbocycles. The molecule has 3 heteroatoms. The number of hydrogen-bond acceptors (Lipinski definition) is 3. The van der Waals surface area contributed by atoms with Gasteiger partial charge in [-0.3, -0.25) is 0 Å². The molecule has 0 atom stereocenters. The van der Waals surface area contributed by atoms with Crippen LogP contribution in [0.1, 0.15) is 11.1 Å². The van der Waals surface area contributed by atoms with Crippen molar-refractivity contribution in [2.45, 2.75) is 6.42 Å². The fraction of sp³-hybridized carbons (Fsp3) is 0.100. The predicted molar refractivity (Wildman–Crippen MR) is 53.8 cm³/mol. The van der Waals surface area contributed by atoms with Gasteiger partial charge in [0.25, 0.3) is 0 Å². The van der Waals surface area contributed by atoms with E-state index in [1.54, 1.807) is 18.2 Å². The SMILES string of the molecule is C=CCc1cc(C=NN)ccc1O. The Bertz CT molecular complexity index is 332. The summed E-state index contributed by atoms with van der Waals surface area (Å²) in [6.07, 6.45) is 3.91. The van der Waals surface area contributed by atoms with E-state index < -0.39 is 0 Å². The first-order valence-electron chi connectivity index (χ1n) is 3.94. The van der Waals surface area contributed by atoms with Crippen molar-refractivity contribution in [2.24, 2.45) is 10.9 Å². The molecule has 13 heavy (non-hydrogen) atoms. The van der Waals surface area contributed by atoms with Gasteiger partial charge < -0.3 is 10.9 Å². The van der Waals surface area contributed by atoms with Gasteiger partial charge in [-0.25, -0.2) is 0 Å². The number of nitrogens with two attached hydrogens (primary N) is 1. The summed E-state index contributed by atoms with van der Waals surface area (Å²) in [4.78, 5) is 0. The zero-order chi connectivity index (χ0) is 9.68. The van der Waals surface area contributed by atoms with E-state index >= 15 is 0 Å². The second-order valence-electron chi connectivity index (χ2n) is 2.66. The number of phenols is 1. The van der Waals surface area contributed by atoms with E-state index in [1.165, 1.54) is 6.21 Å². The molecule has 3 N–H and O–H groups in total. The highest BCUT2D eigenvalue weighted by Crippen LogP contribution is 2.18. The number of benzene rings is 1. The normalized spacial score (nSPS) is 10.5. The molecule has 0 aliphatic heterocycles. The van der Waals surface area contributed by atoms with E-state index in [0.717, 1.165) is 11.1 Å². The van der Waals surface area contributed by atoms with Gasteiger partial charge in [0, 0.05) is 0 Å². The van der Waals surface area contributed by atoms with Crippen molar-refractivity contribution in [3.8, 4) is 5.75 Å². The van der Waals surface area contributed by atoms with Crippen molar-refractivity contribution in [1.29, 1.82) is 0 Å². The monoisotopic (exact) mass is 176 g/mol. The summed E-state index contributed by atoms with van der Waals surface area (Å²) in [5, 5.41) is 12.8. The van der Waals surface area contributed by atoms with Gasteiger partial charge in [0.05, 0.1) is 6.21 Å². The highest BCUT2D eigenvalue weighted by atomic mass is 16.3. The highest BCUT2D eigenvalue weighted by Gasteiger charge is 1.99. The summed E-state index contributed by atoms with van der Waals surface area (Å²) in [5.41, 5.74) is 1.70. The van der Waals surface area contributed by atoms with Crippen molar-refractivity contribution in [3.63, 3.8) is 0 Å². The third-order valence-corrected chi connectivity index (χ3v) is 1.69. The van der Waals surface area contributed by atoms with Gasteiger partial charge in [-0.05, 0) is 35.7 Å². The molecule has 0 bridgehead atoms. The number of aromatic hydroxyl groups is 1. The number of phenolic OH excluding ortho intramolecular Hbond substituents is 1. The minimum absolute atomic E-state index is 0.272. The molecule has 0 aliphatic carbocycles. The van der Waals surface area contributed by atoms with E-state index in [0.29, 0.717) is 6.42 Å². The number of hydrogen-bond donors (Lipinski definition) is 2. The summed E-state index contributed by atoms with van der Waals surface area (Å²) >= 11 is 0. The standard InChI is InChI=1S/C10H12N2O/c1-2-3-9-6-8(7-12-11)4-5-10(9)13/h2,4-7,13H,1,3,11H2. The summed E-state index contributed by atoms with van der Waals surface area (Å²) in [7, 11) is 0. The maximum absolute atomic E-state index is 9.41. The van der Waals surface area contributed by atoms with E-state index in [2.05, 4.69) is 11.7 Å². The third kappa shape index (κ3) is 2.33. The van der Waals surface area contributed by atoms with Gasteiger partial charge in [0.1, 0.15) is 5.75 Å². The molecule has 1 aromatic rings. The Labute approximate surface area is 77.2 Å². The fourth-order valence-electron chi connectivity index (χ4n) is 1.09. The summed E-state index contributed by atoms with van der Waals surface area (Å²) in [6.45, 7) is 3.60. The van der Waals surface area contributed by atoms with Gasteiger partial charge in [-0.1, -0.05) is 6.08 Å². The van der Waals surface area contributed by atoms with Gasteiger partial charge >= 0.3 is 0 Å². The van der Waals surface area contributed by atoms with Crippen LogP contribution >= 0.6 is 0 Å². The number of rotatable bonds is 3. The summed E-state index contributed by atoms with van der Waals surface area (Å²) < 4.78 is 0. The van der Waals surface area contributed by atoms with E-state index in [-0.39, 0.29) is 5.75 Å². The first-order chi connectivity index (χ1) is 6.27. The maximum Gasteiger partial charge on any atom is 0.119 e. The lowest BCUT2D eigenvalue weighted by atomic mass is 10.1. The first-order valence-corrected chi connectivity index (χ1v) is 3.94. The zero-order valence-corrected chi connectivity index (χ0v) is 7.27. The van der Waals surface area contributed by atoms with Crippen LogP contribution in [-0.2, 0) is 6.42 Å². The van der Waals surface area contributed by atoms with E-state index in [9.17, 15) is 5.11 Å². The van der Waals surface area contributed by atoms with Gasteiger partial charge in [0.15, 0.2) is 0 Å². The Balaban J connectivity index is 3.03. The van der Waals surface area contributed by atoms with Crippen molar-refractivity contribution in [3.05, 3.63) is 42.0 Å². The van der Waals surface area contributed by atoms with Crippen molar-refractivity contribution in [2.75, 3.05) is 0 Å². The number of nitrogens with zero attached hydrogens (tertiary/aromatic N) is 1. The smallest absolute Gasteiger partial charge is 0.119 e. The van der Waals surface area contributed by atoms with Crippen LogP contribution in [0.15, 0.2) is 36.0 Å². The Morgan fingerprint density at radius 3 is 2.92 bits per heavy atom. The molecule has 68 valence electrons. The van der Waals surface area contributed by atoms with Gasteiger partial charge in [-0.2, -0.15) is 5.10 Å². The zero-order valence-electron chi connectivity index (χ0n) is 7.27. The van der Waals surface area contributed by atoms with Crippen molar-refractivity contribution in [1.82, 2.24) is 0 Å². The molecule has 1 aromatic carbocycles. The van der Waals surface area contributed by atoms with Crippen LogP contribution < -0.4 is 5.84 Å². The molecular weight excluding hydrogens is 164 g/mol. The molecule has 0 radical (unpaired) electrons. The van der Waals surface area contributed by atoms with Crippen molar-refractivity contribution < 1.29 is 5.11 Å². The molecule has 3 nitrogen and oxygen atoms in total. The van der Waals surface area contributed by atoms with Crippen LogP contribution in [0.3, 0.4) is 0 Å². The molecule has 0 amide bonds. The van der Waals surface area contributed by atoms with Crippen molar-refractivity contribution >= 4 is 6.21 Å². The van der Waals surface area contributed by atoms with E-state index in [4.69, 9.17) is 5.84 Å². The molecule has 0 fully saturated rings. The lowest BCUT2D eigenvalue weighted by Crippen LogP contribution is -1.89. The summed E-state index contributed by atoms with van der Waals surface area (Å²) in [5.74, 6) is 5.28. The largest absolute Gasteiger partial charge is 0.508 e. The van der Waals surface area contributed by atoms with E-state index in [1.807, 2.05) is 6.07 Å². The predicted octanol–water partition coefficient (Wildman–Crippen LogP) is 1.41. The van der Waals surface area contributed by atoms with Crippen LogP contribution in [0.4, 0.5) is 0 Å². The quantitative estimate of drug-likeness (QED) is 0.316. The number of hydrazone groups is 1. The van der Waals surface area contributed by atoms with Crippen LogP contribution in [0, 0.1) is 0 Å². The maximum atomic E-state index is 9.41. The lowest BCUT2D eigenvalue weighted by molar-refractivity contribution is 0.469. The first kappa shape index (κ1) is 9.32. The molecule has 0 unspecified atom stereocenters. The lowest BCUT2D eigenvalue weighted by Gasteiger charge is -2.01. The molecule has 0 spiro atoms. The van der Waals surface area contributed by atoms with Gasteiger partial charge in [0.2, 0.25) is 0 Å². The minimum atomic E-state index is 0.272. The fourth-order valence-corrected chi connectivity index (χ4v) is 1.09. The minimum Gasteiger partial charge on any atom is -0.508 e. The average Bonchev–Trinajstić information content (AvgIpc) is 2.12. The second-order valence-corrected chi connectivity index (χ2v) is 2.66. The second kappa shape index (κ2) is 4.30. The van der Waals surface area contributed by atoms with Crippen LogP contribution in [-0.4, -0.2) is 11.3 Å². The Morgan fingerprint density at radius 2 is 2.31 bits per heavy atom. The molecule has 0 heterocycles. The van der Waals surface area contributed by atoms with Crippen LogP contribution in [0.2, 0.25) is 0 Å². The summed E-state index contributed by atoms with van der Waals surface area (Å²) in [6, 6.07) is 5.20. The molecule has 0 aliphatic rings. The topological polar surface area (TPSA) is 58.6 Å². The molecular formula is C10H12N2O. The molecule has 1 rings (SSSR count). The Kier molecular flexibility index (Phi) is 3.09. The highest BCUT2D eigenvalue weighted by molar-refractivity contribution is 5.80. The molecule has 0 aromatic heterocycles. The average molecular weight is 176 g/mol.